The van der Waals surface area contributed by atoms with Crippen molar-refractivity contribution in [3.63, 3.8) is 0 Å². The number of methoxy groups -OCH3 is 1. The van der Waals surface area contributed by atoms with E-state index in [1.54, 1.807) is 7.11 Å². The van der Waals surface area contributed by atoms with Crippen LogP contribution in [0.25, 0.3) is 0 Å². The molecule has 106 valence electrons. The van der Waals surface area contributed by atoms with Crippen molar-refractivity contribution in [3.8, 4) is 5.75 Å². The van der Waals surface area contributed by atoms with Crippen LogP contribution in [0.4, 0.5) is 0 Å². The molecule has 0 aliphatic carbocycles. The lowest BCUT2D eigenvalue weighted by Gasteiger charge is -2.15. The van der Waals surface area contributed by atoms with Crippen LogP contribution < -0.4 is 4.74 Å². The van der Waals surface area contributed by atoms with Crippen LogP contribution in [-0.4, -0.2) is 19.7 Å². The van der Waals surface area contributed by atoms with E-state index >= 15 is 0 Å². The van der Waals surface area contributed by atoms with Crippen molar-refractivity contribution >= 4 is 5.97 Å². The number of rotatable bonds is 8. The smallest absolute Gasteiger partial charge is 0.306 e. The van der Waals surface area contributed by atoms with E-state index in [1.165, 1.54) is 5.56 Å². The molecule has 1 aromatic rings. The van der Waals surface area contributed by atoms with E-state index in [1.807, 2.05) is 25.1 Å². The predicted molar refractivity (Wildman–Crippen MR) is 76.3 cm³/mol. The van der Waals surface area contributed by atoms with Crippen molar-refractivity contribution in [2.24, 2.45) is 5.92 Å². The largest absolute Gasteiger partial charge is 0.497 e. The number of ether oxygens (including phenoxy) is 2. The Kier molecular flexibility index (Phi) is 7.01. The molecule has 0 amide bonds. The van der Waals surface area contributed by atoms with Gasteiger partial charge < -0.3 is 9.47 Å². The van der Waals surface area contributed by atoms with Crippen LogP contribution in [0, 0.1) is 5.92 Å². The maximum absolute atomic E-state index is 11.6. The van der Waals surface area contributed by atoms with Crippen molar-refractivity contribution in [1.82, 2.24) is 0 Å². The molecule has 0 bridgehead atoms. The van der Waals surface area contributed by atoms with Crippen molar-refractivity contribution in [3.05, 3.63) is 29.8 Å². The van der Waals surface area contributed by atoms with E-state index in [4.69, 9.17) is 9.47 Å². The van der Waals surface area contributed by atoms with Gasteiger partial charge in [0.15, 0.2) is 0 Å². The Hall–Kier alpha value is -1.51. The van der Waals surface area contributed by atoms with E-state index < -0.39 is 0 Å². The summed E-state index contributed by atoms with van der Waals surface area (Å²) >= 11 is 0. The van der Waals surface area contributed by atoms with E-state index in [9.17, 15) is 4.79 Å². The minimum Gasteiger partial charge on any atom is -0.497 e. The molecule has 0 heterocycles. The lowest BCUT2D eigenvalue weighted by Crippen LogP contribution is -2.13. The SMILES string of the molecule is CCCC(CC(=O)OCC)Cc1cccc(OC)c1. The van der Waals surface area contributed by atoms with Crippen LogP contribution in [0.15, 0.2) is 24.3 Å². The van der Waals surface area contributed by atoms with Gasteiger partial charge in [-0.1, -0.05) is 25.5 Å². The Morgan fingerprint density at radius 1 is 1.32 bits per heavy atom. The van der Waals surface area contributed by atoms with Crippen LogP contribution in [0.2, 0.25) is 0 Å². The van der Waals surface area contributed by atoms with Gasteiger partial charge in [-0.05, 0) is 43.4 Å². The monoisotopic (exact) mass is 264 g/mol. The number of carbonyl (C=O) groups is 1. The zero-order chi connectivity index (χ0) is 14.1. The first-order valence-corrected chi connectivity index (χ1v) is 6.98. The summed E-state index contributed by atoms with van der Waals surface area (Å²) in [7, 11) is 1.67. The highest BCUT2D eigenvalue weighted by Crippen LogP contribution is 2.21. The summed E-state index contributed by atoms with van der Waals surface area (Å²) in [5.74, 6) is 1.11. The highest BCUT2D eigenvalue weighted by molar-refractivity contribution is 5.69. The molecule has 0 radical (unpaired) electrons. The standard InChI is InChI=1S/C16H24O3/c1-4-7-13(12-16(17)19-5-2)10-14-8-6-9-15(11-14)18-3/h6,8-9,11,13H,4-5,7,10,12H2,1-3H3. The Morgan fingerprint density at radius 2 is 2.11 bits per heavy atom. The van der Waals surface area contributed by atoms with Crippen LogP contribution in [-0.2, 0) is 16.0 Å². The number of esters is 1. The minimum atomic E-state index is -0.0937. The molecule has 1 atom stereocenters. The van der Waals surface area contributed by atoms with E-state index in [0.29, 0.717) is 18.9 Å². The molecule has 0 aromatic heterocycles. The van der Waals surface area contributed by atoms with Gasteiger partial charge in [0, 0.05) is 6.42 Å². The fraction of sp³-hybridized carbons (Fsp3) is 0.562. The van der Waals surface area contributed by atoms with Gasteiger partial charge in [-0.15, -0.1) is 0 Å². The first-order valence-electron chi connectivity index (χ1n) is 6.98. The van der Waals surface area contributed by atoms with Crippen LogP contribution in [0.5, 0.6) is 5.75 Å². The van der Waals surface area contributed by atoms with Gasteiger partial charge in [-0.3, -0.25) is 4.79 Å². The second kappa shape index (κ2) is 8.57. The molecule has 19 heavy (non-hydrogen) atoms. The number of hydrogen-bond acceptors (Lipinski definition) is 3. The molecular formula is C16H24O3. The fourth-order valence-corrected chi connectivity index (χ4v) is 2.27. The Morgan fingerprint density at radius 3 is 2.74 bits per heavy atom. The summed E-state index contributed by atoms with van der Waals surface area (Å²) in [5, 5.41) is 0. The van der Waals surface area contributed by atoms with Gasteiger partial charge in [0.05, 0.1) is 13.7 Å². The molecule has 1 unspecified atom stereocenters. The maximum atomic E-state index is 11.6. The first kappa shape index (κ1) is 15.5. The van der Waals surface area contributed by atoms with Crippen molar-refractivity contribution in [2.45, 2.75) is 39.5 Å². The quantitative estimate of drug-likeness (QED) is 0.673. The summed E-state index contributed by atoms with van der Waals surface area (Å²) in [5.41, 5.74) is 1.21. The molecule has 3 nitrogen and oxygen atoms in total. The number of benzene rings is 1. The normalized spacial score (nSPS) is 11.9. The summed E-state index contributed by atoms with van der Waals surface area (Å²) in [6.07, 6.45) is 3.51. The van der Waals surface area contributed by atoms with Gasteiger partial charge in [0.1, 0.15) is 5.75 Å². The zero-order valence-corrected chi connectivity index (χ0v) is 12.1. The van der Waals surface area contributed by atoms with Crippen molar-refractivity contribution < 1.29 is 14.3 Å². The molecule has 0 aliphatic rings. The number of hydrogen-bond donors (Lipinski definition) is 0. The minimum absolute atomic E-state index is 0.0937. The summed E-state index contributed by atoms with van der Waals surface area (Å²) < 4.78 is 10.3. The zero-order valence-electron chi connectivity index (χ0n) is 12.1. The highest BCUT2D eigenvalue weighted by Gasteiger charge is 2.15. The second-order valence-electron chi connectivity index (χ2n) is 4.72. The maximum Gasteiger partial charge on any atom is 0.306 e. The van der Waals surface area contributed by atoms with Crippen LogP contribution in [0.1, 0.15) is 38.7 Å². The third kappa shape index (κ3) is 5.77. The molecular weight excluding hydrogens is 240 g/mol. The first-order chi connectivity index (χ1) is 9.19. The number of carbonyl (C=O) groups excluding carboxylic acids is 1. The van der Waals surface area contributed by atoms with Gasteiger partial charge in [-0.2, -0.15) is 0 Å². The van der Waals surface area contributed by atoms with E-state index in [-0.39, 0.29) is 5.97 Å². The second-order valence-corrected chi connectivity index (χ2v) is 4.72. The topological polar surface area (TPSA) is 35.5 Å². The Balaban J connectivity index is 2.63. The van der Waals surface area contributed by atoms with E-state index in [2.05, 4.69) is 13.0 Å². The predicted octanol–water partition coefficient (Wildman–Crippen LogP) is 3.61. The molecule has 0 spiro atoms. The summed E-state index contributed by atoms with van der Waals surface area (Å²) in [4.78, 5) is 11.6. The molecule has 0 fully saturated rings. The summed E-state index contributed by atoms with van der Waals surface area (Å²) in [6, 6.07) is 8.04. The third-order valence-corrected chi connectivity index (χ3v) is 3.12. The third-order valence-electron chi connectivity index (χ3n) is 3.12. The summed E-state index contributed by atoms with van der Waals surface area (Å²) in [6.45, 7) is 4.44. The average molecular weight is 264 g/mol. The highest BCUT2D eigenvalue weighted by atomic mass is 16.5. The Bertz CT molecular complexity index is 387. The van der Waals surface area contributed by atoms with Gasteiger partial charge in [-0.25, -0.2) is 0 Å². The molecule has 0 aliphatic heterocycles. The van der Waals surface area contributed by atoms with Gasteiger partial charge >= 0.3 is 5.97 Å². The molecule has 1 aromatic carbocycles. The fourth-order valence-electron chi connectivity index (χ4n) is 2.27. The average Bonchev–Trinajstić information content (AvgIpc) is 2.39. The van der Waals surface area contributed by atoms with E-state index in [0.717, 1.165) is 25.0 Å². The molecule has 0 saturated carbocycles. The van der Waals surface area contributed by atoms with Crippen LogP contribution in [0.3, 0.4) is 0 Å². The van der Waals surface area contributed by atoms with Gasteiger partial charge in [0.25, 0.3) is 0 Å². The lowest BCUT2D eigenvalue weighted by atomic mass is 9.92. The lowest BCUT2D eigenvalue weighted by molar-refractivity contribution is -0.144. The molecule has 1 rings (SSSR count). The molecule has 3 heteroatoms. The molecule has 0 N–H and O–H groups in total. The Labute approximate surface area is 115 Å². The van der Waals surface area contributed by atoms with Gasteiger partial charge in [0.2, 0.25) is 0 Å². The van der Waals surface area contributed by atoms with Crippen molar-refractivity contribution in [2.75, 3.05) is 13.7 Å². The van der Waals surface area contributed by atoms with Crippen LogP contribution >= 0.6 is 0 Å². The van der Waals surface area contributed by atoms with Crippen molar-refractivity contribution in [1.29, 1.82) is 0 Å². The molecule has 0 saturated heterocycles.